The maximum absolute atomic E-state index is 12.1. The normalized spacial score (nSPS) is 18.2. The fraction of sp³-hybridized carbons (Fsp3) is 0.500. The molecule has 1 radical (unpaired) electrons. The van der Waals surface area contributed by atoms with Gasteiger partial charge in [-0.3, -0.25) is 0 Å². The van der Waals surface area contributed by atoms with Gasteiger partial charge in [0.25, 0.3) is 0 Å². The minimum Gasteiger partial charge on any atom is -0.208 e. The molecule has 0 saturated heterocycles. The number of rotatable bonds is 3. The number of hydrogen-bond acceptors (Lipinski definition) is 2. The first kappa shape index (κ1) is 12.9. The average Bonchev–Trinajstić information content (AvgIpc) is 2.30. The minimum absolute atomic E-state index is 0.0402. The third kappa shape index (κ3) is 3.21. The molecule has 2 rings (SSSR count). The van der Waals surface area contributed by atoms with Crippen LogP contribution in [0, 0.1) is 6.07 Å². The zero-order valence-electron chi connectivity index (χ0n) is 9.45. The Labute approximate surface area is 107 Å². The zero-order valence-corrected chi connectivity index (χ0v) is 11.0. The summed E-state index contributed by atoms with van der Waals surface area (Å²) in [6.45, 7) is 0. The second kappa shape index (κ2) is 5.38. The Morgan fingerprint density at radius 1 is 1.29 bits per heavy atom. The van der Waals surface area contributed by atoms with Crippen molar-refractivity contribution < 1.29 is 8.42 Å². The Morgan fingerprint density at radius 3 is 2.65 bits per heavy atom. The van der Waals surface area contributed by atoms with Crippen LogP contribution in [0.25, 0.3) is 0 Å². The first-order chi connectivity index (χ1) is 8.09. The molecule has 1 aliphatic carbocycles. The van der Waals surface area contributed by atoms with Gasteiger partial charge in [0.2, 0.25) is 10.0 Å². The molecule has 1 N–H and O–H groups in total. The summed E-state index contributed by atoms with van der Waals surface area (Å²) in [5, 5.41) is 0.218. The van der Waals surface area contributed by atoms with Gasteiger partial charge in [0.05, 0.1) is 5.02 Å². The highest BCUT2D eigenvalue weighted by Gasteiger charge is 2.23. The summed E-state index contributed by atoms with van der Waals surface area (Å²) in [4.78, 5) is 0.0484. The largest absolute Gasteiger partial charge is 0.242 e. The van der Waals surface area contributed by atoms with E-state index < -0.39 is 10.0 Å². The van der Waals surface area contributed by atoms with Crippen LogP contribution in [0.4, 0.5) is 0 Å². The third-order valence-corrected chi connectivity index (χ3v) is 4.91. The SMILES string of the molecule is O=S(=O)(NC1CCCCC1)c1[c]cccc1Cl. The Hall–Kier alpha value is -0.580. The molecule has 0 unspecified atom stereocenters. The molecule has 1 fully saturated rings. The van der Waals surface area contributed by atoms with Gasteiger partial charge in [0.1, 0.15) is 4.90 Å². The van der Waals surface area contributed by atoms with E-state index in [-0.39, 0.29) is 16.0 Å². The van der Waals surface area contributed by atoms with Crippen molar-refractivity contribution in [1.29, 1.82) is 0 Å². The first-order valence-corrected chi connectivity index (χ1v) is 7.64. The van der Waals surface area contributed by atoms with Crippen LogP contribution in [0.5, 0.6) is 0 Å². The third-order valence-electron chi connectivity index (χ3n) is 2.97. The van der Waals surface area contributed by atoms with Crippen molar-refractivity contribution in [3.8, 4) is 0 Å². The second-order valence-corrected chi connectivity index (χ2v) is 6.36. The number of benzene rings is 1. The fourth-order valence-electron chi connectivity index (χ4n) is 2.11. The lowest BCUT2D eigenvalue weighted by Gasteiger charge is -2.22. The molecule has 5 heteroatoms. The van der Waals surface area contributed by atoms with Gasteiger partial charge in [-0.1, -0.05) is 43.0 Å². The molecule has 0 amide bonds. The smallest absolute Gasteiger partial charge is 0.208 e. The van der Waals surface area contributed by atoms with E-state index in [0.29, 0.717) is 0 Å². The van der Waals surface area contributed by atoms with Gasteiger partial charge >= 0.3 is 0 Å². The molecule has 93 valence electrons. The van der Waals surface area contributed by atoms with Gasteiger partial charge in [0, 0.05) is 12.1 Å². The minimum atomic E-state index is -3.53. The van der Waals surface area contributed by atoms with E-state index in [1.54, 1.807) is 18.2 Å². The van der Waals surface area contributed by atoms with Gasteiger partial charge in [-0.05, 0) is 18.9 Å². The Balaban J connectivity index is 2.16. The van der Waals surface area contributed by atoms with E-state index in [4.69, 9.17) is 11.6 Å². The van der Waals surface area contributed by atoms with Gasteiger partial charge < -0.3 is 0 Å². The summed E-state index contributed by atoms with van der Waals surface area (Å²) in [6.07, 6.45) is 5.17. The van der Waals surface area contributed by atoms with Crippen LogP contribution in [-0.4, -0.2) is 14.5 Å². The van der Waals surface area contributed by atoms with Crippen LogP contribution in [0.3, 0.4) is 0 Å². The predicted octanol–water partition coefficient (Wildman–Crippen LogP) is 2.75. The van der Waals surface area contributed by atoms with E-state index >= 15 is 0 Å². The summed E-state index contributed by atoms with van der Waals surface area (Å²) in [7, 11) is -3.53. The van der Waals surface area contributed by atoms with E-state index in [1.807, 2.05) is 0 Å². The van der Waals surface area contributed by atoms with Crippen LogP contribution in [0.15, 0.2) is 23.1 Å². The van der Waals surface area contributed by atoms with Crippen LogP contribution < -0.4 is 4.72 Å². The molecular formula is C12H15ClNO2S. The topological polar surface area (TPSA) is 46.2 Å². The van der Waals surface area contributed by atoms with E-state index in [1.165, 1.54) is 6.42 Å². The maximum atomic E-state index is 12.1. The molecule has 1 aromatic carbocycles. The van der Waals surface area contributed by atoms with Crippen LogP contribution in [0.1, 0.15) is 32.1 Å². The molecule has 0 heterocycles. The molecule has 17 heavy (non-hydrogen) atoms. The molecule has 0 aliphatic heterocycles. The maximum Gasteiger partial charge on any atom is 0.242 e. The summed E-state index contributed by atoms with van der Waals surface area (Å²) < 4.78 is 26.9. The molecule has 3 nitrogen and oxygen atoms in total. The molecule has 1 aliphatic rings. The lowest BCUT2D eigenvalue weighted by atomic mass is 9.96. The van der Waals surface area contributed by atoms with E-state index in [2.05, 4.69) is 10.8 Å². The monoisotopic (exact) mass is 272 g/mol. The lowest BCUT2D eigenvalue weighted by molar-refractivity contribution is 0.412. The Kier molecular flexibility index (Phi) is 4.07. The standard InChI is InChI=1S/C12H15ClNO2S/c13-11-8-4-5-9-12(11)17(15,16)14-10-6-2-1-3-7-10/h4-5,8,10,14H,1-3,6-7H2. The van der Waals surface area contributed by atoms with Crippen molar-refractivity contribution in [2.45, 2.75) is 43.0 Å². The number of sulfonamides is 1. The van der Waals surface area contributed by atoms with Crippen molar-refractivity contribution in [2.75, 3.05) is 0 Å². The van der Waals surface area contributed by atoms with Crippen molar-refractivity contribution >= 4 is 21.6 Å². The highest BCUT2D eigenvalue weighted by Crippen LogP contribution is 2.23. The zero-order chi connectivity index (χ0) is 12.3. The lowest BCUT2D eigenvalue weighted by Crippen LogP contribution is -2.36. The van der Waals surface area contributed by atoms with Crippen molar-refractivity contribution in [1.82, 2.24) is 4.72 Å². The molecule has 1 aromatic rings. The quantitative estimate of drug-likeness (QED) is 0.920. The predicted molar refractivity (Wildman–Crippen MR) is 67.5 cm³/mol. The molecule has 1 saturated carbocycles. The summed E-state index contributed by atoms with van der Waals surface area (Å²) in [5.41, 5.74) is 0. The van der Waals surface area contributed by atoms with Crippen molar-refractivity contribution in [3.05, 3.63) is 29.3 Å². The first-order valence-electron chi connectivity index (χ1n) is 5.78. The van der Waals surface area contributed by atoms with E-state index in [0.717, 1.165) is 25.7 Å². The summed E-state index contributed by atoms with van der Waals surface area (Å²) in [6, 6.07) is 7.51. The van der Waals surface area contributed by atoms with E-state index in [9.17, 15) is 8.42 Å². The highest BCUT2D eigenvalue weighted by atomic mass is 35.5. The Morgan fingerprint density at radius 2 is 2.00 bits per heavy atom. The number of hydrogen-bond donors (Lipinski definition) is 1. The van der Waals surface area contributed by atoms with Gasteiger partial charge in [0.15, 0.2) is 0 Å². The molecule has 0 bridgehead atoms. The van der Waals surface area contributed by atoms with Crippen LogP contribution in [-0.2, 0) is 10.0 Å². The number of nitrogens with one attached hydrogen (secondary N) is 1. The molecule has 0 spiro atoms. The summed E-state index contributed by atoms with van der Waals surface area (Å²) >= 11 is 5.88. The highest BCUT2D eigenvalue weighted by molar-refractivity contribution is 7.89. The summed E-state index contributed by atoms with van der Waals surface area (Å²) in [5.74, 6) is 0. The average molecular weight is 273 g/mol. The molecule has 0 aromatic heterocycles. The number of halogens is 1. The molecular weight excluding hydrogens is 258 g/mol. The Bertz CT molecular complexity index is 481. The van der Waals surface area contributed by atoms with Crippen molar-refractivity contribution in [2.24, 2.45) is 0 Å². The molecule has 0 atom stereocenters. The second-order valence-electron chi connectivity index (χ2n) is 4.30. The fourth-order valence-corrected chi connectivity index (χ4v) is 3.88. The van der Waals surface area contributed by atoms with Crippen molar-refractivity contribution in [3.63, 3.8) is 0 Å². The van der Waals surface area contributed by atoms with Gasteiger partial charge in [-0.2, -0.15) is 0 Å². The van der Waals surface area contributed by atoms with Gasteiger partial charge in [-0.15, -0.1) is 0 Å². The van der Waals surface area contributed by atoms with Crippen LogP contribution >= 0.6 is 11.6 Å². The van der Waals surface area contributed by atoms with Crippen LogP contribution in [0.2, 0.25) is 5.02 Å². The van der Waals surface area contributed by atoms with Gasteiger partial charge in [-0.25, -0.2) is 13.1 Å².